The van der Waals surface area contributed by atoms with E-state index < -0.39 is 5.79 Å². The maximum absolute atomic E-state index is 6.65. The van der Waals surface area contributed by atoms with Crippen molar-refractivity contribution in [1.29, 1.82) is 0 Å². The van der Waals surface area contributed by atoms with E-state index in [9.17, 15) is 0 Å². The first-order valence-electron chi connectivity index (χ1n) is 9.97. The van der Waals surface area contributed by atoms with Gasteiger partial charge in [-0.1, -0.05) is 17.7 Å². The van der Waals surface area contributed by atoms with Gasteiger partial charge in [-0.3, -0.25) is 5.73 Å². The number of amidine groups is 1. The van der Waals surface area contributed by atoms with Gasteiger partial charge in [-0.15, -0.1) is 0 Å². The summed E-state index contributed by atoms with van der Waals surface area (Å²) in [4.78, 5) is 9.09. The quantitative estimate of drug-likeness (QED) is 0.584. The number of benzene rings is 1. The normalized spacial score (nSPS) is 26.4. The minimum absolute atomic E-state index is 0.169. The molecule has 2 heterocycles. The summed E-state index contributed by atoms with van der Waals surface area (Å²) in [7, 11) is 3.44. The van der Waals surface area contributed by atoms with Crippen LogP contribution in [0.25, 0.3) is 11.4 Å². The molecule has 10 heteroatoms. The predicted molar refractivity (Wildman–Crippen MR) is 118 cm³/mol. The van der Waals surface area contributed by atoms with Crippen LogP contribution in [0, 0.1) is 5.92 Å². The van der Waals surface area contributed by atoms with Gasteiger partial charge in [0.15, 0.2) is 17.4 Å². The van der Waals surface area contributed by atoms with E-state index in [1.54, 1.807) is 18.0 Å². The maximum Gasteiger partial charge on any atom is 0.187 e. The lowest BCUT2D eigenvalue weighted by molar-refractivity contribution is 0.179. The first-order valence-corrected chi connectivity index (χ1v) is 10.4. The standard InChI is InChI=1S/C20H27ClN8O/c1-29-19(24-11-26-29)14-4-3-5-16(17(14)30-2)27-18-15(21)10-25-20(23,28-18)12-6-8-13(22)9-7-12/h3-5,10-13,25H,6-9,22-23H2,1-2H3,(H,27,28)/t12-,13-,20?. The molecule has 4 rings (SSSR count). The van der Waals surface area contributed by atoms with E-state index in [1.807, 2.05) is 25.2 Å². The number of aryl methyl sites for hydroxylation is 1. The number of hydrogen-bond acceptors (Lipinski definition) is 8. The van der Waals surface area contributed by atoms with E-state index in [4.69, 9.17) is 32.8 Å². The number of aliphatic imine (C=N–C) groups is 1. The average molecular weight is 431 g/mol. The molecule has 1 atom stereocenters. The van der Waals surface area contributed by atoms with Gasteiger partial charge in [-0.2, -0.15) is 5.10 Å². The molecule has 0 bridgehead atoms. The topological polar surface area (TPSA) is 128 Å². The third kappa shape index (κ3) is 3.88. The lowest BCUT2D eigenvalue weighted by Crippen LogP contribution is -2.59. The number of para-hydroxylation sites is 1. The van der Waals surface area contributed by atoms with Crippen LogP contribution in [0.1, 0.15) is 25.7 Å². The van der Waals surface area contributed by atoms with Crippen LogP contribution in [-0.2, 0) is 7.05 Å². The molecule has 1 aliphatic carbocycles. The zero-order chi connectivity index (χ0) is 21.3. The Bertz CT molecular complexity index is 979. The highest BCUT2D eigenvalue weighted by atomic mass is 35.5. The zero-order valence-corrected chi connectivity index (χ0v) is 17.9. The third-order valence-electron chi connectivity index (χ3n) is 5.77. The molecule has 30 heavy (non-hydrogen) atoms. The molecule has 2 aliphatic rings. The Balaban J connectivity index is 1.65. The summed E-state index contributed by atoms with van der Waals surface area (Å²) in [5.74, 6) is 1.03. The Kier molecular flexibility index (Phi) is 5.68. The number of nitrogens with one attached hydrogen (secondary N) is 2. The molecule has 0 spiro atoms. The number of aromatic nitrogens is 3. The second-order valence-corrected chi connectivity index (χ2v) is 8.16. The molecular weight excluding hydrogens is 404 g/mol. The van der Waals surface area contributed by atoms with Crippen molar-refractivity contribution in [2.24, 2.45) is 29.4 Å². The summed E-state index contributed by atoms with van der Waals surface area (Å²) in [6.45, 7) is 0. The second-order valence-electron chi connectivity index (χ2n) is 7.75. The number of hydrogen-bond donors (Lipinski definition) is 4. The Labute approximate surface area is 180 Å². The highest BCUT2D eigenvalue weighted by molar-refractivity contribution is 6.45. The molecule has 1 aromatic heterocycles. The van der Waals surface area contributed by atoms with E-state index in [0.29, 0.717) is 28.1 Å². The van der Waals surface area contributed by atoms with Crippen LogP contribution in [0.3, 0.4) is 0 Å². The van der Waals surface area contributed by atoms with Gasteiger partial charge in [0.2, 0.25) is 0 Å². The van der Waals surface area contributed by atoms with Crippen molar-refractivity contribution in [3.63, 3.8) is 0 Å². The fourth-order valence-electron chi connectivity index (χ4n) is 4.07. The first kappa shape index (κ1) is 20.6. The molecule has 6 N–H and O–H groups in total. The van der Waals surface area contributed by atoms with Crippen LogP contribution in [0.15, 0.2) is 40.8 Å². The molecule has 1 fully saturated rings. The summed E-state index contributed by atoms with van der Waals surface area (Å²) in [5.41, 5.74) is 14.2. The Morgan fingerprint density at radius 3 is 2.73 bits per heavy atom. The molecule has 0 saturated heterocycles. The number of ether oxygens (including phenoxy) is 1. The Morgan fingerprint density at radius 2 is 2.07 bits per heavy atom. The van der Waals surface area contributed by atoms with Crippen LogP contribution in [-0.4, -0.2) is 39.5 Å². The maximum atomic E-state index is 6.65. The van der Waals surface area contributed by atoms with E-state index in [1.165, 1.54) is 6.33 Å². The minimum atomic E-state index is -0.935. The van der Waals surface area contributed by atoms with E-state index in [0.717, 1.165) is 31.2 Å². The fraction of sp³-hybridized carbons (Fsp3) is 0.450. The van der Waals surface area contributed by atoms with Crippen molar-refractivity contribution in [3.8, 4) is 17.1 Å². The fourth-order valence-corrected chi connectivity index (χ4v) is 4.22. The lowest BCUT2D eigenvalue weighted by atomic mass is 9.82. The van der Waals surface area contributed by atoms with Gasteiger partial charge in [0, 0.05) is 25.2 Å². The molecule has 1 aliphatic heterocycles. The largest absolute Gasteiger partial charge is 0.494 e. The lowest BCUT2D eigenvalue weighted by Gasteiger charge is -2.40. The number of halogens is 1. The van der Waals surface area contributed by atoms with Crippen molar-refractivity contribution in [2.45, 2.75) is 37.5 Å². The first-order chi connectivity index (χ1) is 14.4. The molecule has 0 amide bonds. The highest BCUT2D eigenvalue weighted by Gasteiger charge is 2.38. The molecule has 160 valence electrons. The van der Waals surface area contributed by atoms with Crippen LogP contribution in [0.2, 0.25) is 0 Å². The van der Waals surface area contributed by atoms with Gasteiger partial charge >= 0.3 is 0 Å². The second kappa shape index (κ2) is 8.25. The molecular formula is C20H27ClN8O. The van der Waals surface area contributed by atoms with Crippen LogP contribution < -0.4 is 26.8 Å². The Hall–Kier alpha value is -2.62. The van der Waals surface area contributed by atoms with Crippen molar-refractivity contribution in [2.75, 3.05) is 12.4 Å². The molecule has 0 radical (unpaired) electrons. The summed E-state index contributed by atoms with van der Waals surface area (Å²) in [5, 5.41) is 11.1. The average Bonchev–Trinajstić information content (AvgIpc) is 3.17. The summed E-state index contributed by atoms with van der Waals surface area (Å²) < 4.78 is 7.38. The minimum Gasteiger partial charge on any atom is -0.494 e. The van der Waals surface area contributed by atoms with Crippen LogP contribution in [0.5, 0.6) is 5.75 Å². The molecule has 2 aromatic rings. The number of nitrogens with zero attached hydrogens (tertiary/aromatic N) is 4. The number of anilines is 1. The SMILES string of the molecule is COc1c(NC2=NC(N)([C@H]3CC[C@H](N)CC3)NC=C2Cl)cccc1-c1ncnn1C. The number of nitrogens with two attached hydrogens (primary N) is 2. The monoisotopic (exact) mass is 430 g/mol. The predicted octanol–water partition coefficient (Wildman–Crippen LogP) is 2.11. The van der Waals surface area contributed by atoms with Crippen LogP contribution >= 0.6 is 11.6 Å². The van der Waals surface area contributed by atoms with Gasteiger partial charge < -0.3 is 21.1 Å². The van der Waals surface area contributed by atoms with Crippen molar-refractivity contribution >= 4 is 23.1 Å². The van der Waals surface area contributed by atoms with Gasteiger partial charge in [0.1, 0.15) is 12.2 Å². The van der Waals surface area contributed by atoms with Gasteiger partial charge in [0.25, 0.3) is 0 Å². The Morgan fingerprint density at radius 1 is 1.30 bits per heavy atom. The number of methoxy groups -OCH3 is 1. The van der Waals surface area contributed by atoms with Gasteiger partial charge in [0.05, 0.1) is 23.4 Å². The van der Waals surface area contributed by atoms with Crippen molar-refractivity contribution in [3.05, 3.63) is 35.8 Å². The molecule has 1 unspecified atom stereocenters. The third-order valence-corrected chi connectivity index (χ3v) is 6.06. The van der Waals surface area contributed by atoms with Gasteiger partial charge in [-0.05, 0) is 37.8 Å². The smallest absolute Gasteiger partial charge is 0.187 e. The van der Waals surface area contributed by atoms with Gasteiger partial charge in [-0.25, -0.2) is 14.7 Å². The molecule has 1 aromatic carbocycles. The number of rotatable bonds is 4. The van der Waals surface area contributed by atoms with E-state index >= 15 is 0 Å². The molecule has 9 nitrogen and oxygen atoms in total. The van der Waals surface area contributed by atoms with E-state index in [-0.39, 0.29) is 12.0 Å². The van der Waals surface area contributed by atoms with Crippen molar-refractivity contribution in [1.82, 2.24) is 20.1 Å². The highest BCUT2D eigenvalue weighted by Crippen LogP contribution is 2.37. The van der Waals surface area contributed by atoms with Crippen molar-refractivity contribution < 1.29 is 4.74 Å². The van der Waals surface area contributed by atoms with E-state index in [2.05, 4.69) is 20.7 Å². The summed E-state index contributed by atoms with van der Waals surface area (Å²) >= 11 is 6.44. The molecule has 1 saturated carbocycles. The summed E-state index contributed by atoms with van der Waals surface area (Å²) in [6, 6.07) is 5.97. The zero-order valence-electron chi connectivity index (χ0n) is 17.1. The van der Waals surface area contributed by atoms with Crippen LogP contribution in [0.4, 0.5) is 5.69 Å². The summed E-state index contributed by atoms with van der Waals surface area (Å²) in [6.07, 6.45) is 6.91.